The summed E-state index contributed by atoms with van der Waals surface area (Å²) in [6.45, 7) is 13.2. The fraction of sp³-hybridized carbons (Fsp3) is 0.667. The van der Waals surface area contributed by atoms with Gasteiger partial charge in [-0.15, -0.1) is 0 Å². The second kappa shape index (κ2) is 10.4. The maximum absolute atomic E-state index is 3.74. The molecule has 0 heterocycles. The highest BCUT2D eigenvalue weighted by Gasteiger charge is 2.12. The first-order valence-electron chi connectivity index (χ1n) is 8.30. The Morgan fingerprint density at radius 1 is 1.19 bits per heavy atom. The van der Waals surface area contributed by atoms with Crippen LogP contribution in [0.15, 0.2) is 22.7 Å². The monoisotopic (exact) mass is 354 g/mol. The van der Waals surface area contributed by atoms with Crippen LogP contribution in [0.4, 0.5) is 0 Å². The van der Waals surface area contributed by atoms with Gasteiger partial charge in [-0.3, -0.25) is 4.90 Å². The van der Waals surface area contributed by atoms with Gasteiger partial charge in [-0.05, 0) is 50.6 Å². The normalized spacial score (nSPS) is 11.6. The second-order valence-electron chi connectivity index (χ2n) is 5.98. The van der Waals surface area contributed by atoms with E-state index in [4.69, 9.17) is 0 Å². The Kier molecular flexibility index (Phi) is 9.21. The third kappa shape index (κ3) is 6.94. The Balaban J connectivity index is 2.65. The molecule has 0 unspecified atom stereocenters. The molecule has 0 aliphatic carbocycles. The molecule has 0 aliphatic heterocycles. The van der Waals surface area contributed by atoms with Gasteiger partial charge in [0.1, 0.15) is 0 Å². The van der Waals surface area contributed by atoms with Crippen molar-refractivity contribution in [3.63, 3.8) is 0 Å². The maximum Gasteiger partial charge on any atom is 0.0247 e. The number of unbranched alkanes of at least 4 members (excludes halogenated alkanes) is 2. The van der Waals surface area contributed by atoms with Crippen LogP contribution in [0.5, 0.6) is 0 Å². The van der Waals surface area contributed by atoms with E-state index in [0.29, 0.717) is 6.04 Å². The lowest BCUT2D eigenvalue weighted by molar-refractivity contribution is 0.208. The SMILES string of the molecule is CCCCCN(Cc1ccc(CNCC)cc1Br)C(C)C. The number of hydrogen-bond donors (Lipinski definition) is 1. The van der Waals surface area contributed by atoms with E-state index in [2.05, 4.69) is 72.0 Å². The van der Waals surface area contributed by atoms with Crippen molar-refractivity contribution in [2.75, 3.05) is 13.1 Å². The molecular formula is C18H31BrN2. The summed E-state index contributed by atoms with van der Waals surface area (Å²) < 4.78 is 1.24. The molecule has 0 radical (unpaired) electrons. The first-order valence-corrected chi connectivity index (χ1v) is 9.09. The first kappa shape index (κ1) is 18.7. The first-order chi connectivity index (χ1) is 10.1. The summed E-state index contributed by atoms with van der Waals surface area (Å²) >= 11 is 3.74. The van der Waals surface area contributed by atoms with E-state index in [1.807, 2.05) is 0 Å². The van der Waals surface area contributed by atoms with Crippen molar-refractivity contribution in [2.45, 2.75) is 66.1 Å². The molecule has 2 nitrogen and oxygen atoms in total. The fourth-order valence-electron chi connectivity index (χ4n) is 2.40. The summed E-state index contributed by atoms with van der Waals surface area (Å²) in [7, 11) is 0. The van der Waals surface area contributed by atoms with Crippen LogP contribution in [0.3, 0.4) is 0 Å². The average Bonchev–Trinajstić information content (AvgIpc) is 2.46. The van der Waals surface area contributed by atoms with Gasteiger partial charge in [0.15, 0.2) is 0 Å². The number of benzene rings is 1. The largest absolute Gasteiger partial charge is 0.313 e. The predicted octanol–water partition coefficient (Wildman–Crippen LogP) is 4.96. The molecule has 21 heavy (non-hydrogen) atoms. The topological polar surface area (TPSA) is 15.3 Å². The average molecular weight is 355 g/mol. The Bertz CT molecular complexity index is 404. The van der Waals surface area contributed by atoms with Crippen molar-refractivity contribution in [1.82, 2.24) is 10.2 Å². The number of hydrogen-bond acceptors (Lipinski definition) is 2. The molecule has 0 amide bonds. The van der Waals surface area contributed by atoms with Crippen molar-refractivity contribution in [1.29, 1.82) is 0 Å². The zero-order chi connectivity index (χ0) is 15.7. The molecular weight excluding hydrogens is 324 g/mol. The van der Waals surface area contributed by atoms with E-state index in [9.17, 15) is 0 Å². The van der Waals surface area contributed by atoms with Gasteiger partial charge in [-0.1, -0.05) is 54.8 Å². The molecule has 1 rings (SSSR count). The molecule has 0 spiro atoms. The summed E-state index contributed by atoms with van der Waals surface area (Å²) in [5.41, 5.74) is 2.73. The maximum atomic E-state index is 3.74. The van der Waals surface area contributed by atoms with E-state index in [1.54, 1.807) is 0 Å². The summed E-state index contributed by atoms with van der Waals surface area (Å²) in [5, 5.41) is 3.37. The summed E-state index contributed by atoms with van der Waals surface area (Å²) in [6, 6.07) is 7.36. The molecule has 1 aromatic rings. The predicted molar refractivity (Wildman–Crippen MR) is 96.6 cm³/mol. The molecule has 3 heteroatoms. The lowest BCUT2D eigenvalue weighted by Gasteiger charge is -2.27. The molecule has 1 N–H and O–H groups in total. The molecule has 0 saturated carbocycles. The van der Waals surface area contributed by atoms with E-state index < -0.39 is 0 Å². The highest BCUT2D eigenvalue weighted by atomic mass is 79.9. The van der Waals surface area contributed by atoms with E-state index in [-0.39, 0.29) is 0 Å². The zero-order valence-corrected chi connectivity index (χ0v) is 15.7. The Morgan fingerprint density at radius 2 is 1.95 bits per heavy atom. The third-order valence-electron chi connectivity index (χ3n) is 3.85. The van der Waals surface area contributed by atoms with Crippen LogP contribution in [-0.2, 0) is 13.1 Å². The standard InChI is InChI=1S/C18H31BrN2/c1-5-7-8-11-21(15(3)4)14-17-10-9-16(12-18(17)19)13-20-6-2/h9-10,12,15,20H,5-8,11,13-14H2,1-4H3. The second-order valence-corrected chi connectivity index (χ2v) is 6.83. The van der Waals surface area contributed by atoms with Crippen LogP contribution >= 0.6 is 15.9 Å². The fourth-order valence-corrected chi connectivity index (χ4v) is 2.95. The highest BCUT2D eigenvalue weighted by molar-refractivity contribution is 9.10. The Morgan fingerprint density at radius 3 is 2.52 bits per heavy atom. The van der Waals surface area contributed by atoms with Crippen molar-refractivity contribution in [3.8, 4) is 0 Å². The quantitative estimate of drug-likeness (QED) is 0.597. The van der Waals surface area contributed by atoms with Gasteiger partial charge in [-0.25, -0.2) is 0 Å². The number of rotatable bonds is 10. The van der Waals surface area contributed by atoms with Gasteiger partial charge in [0.05, 0.1) is 0 Å². The Labute approximate surface area is 139 Å². The Hall–Kier alpha value is -0.380. The molecule has 120 valence electrons. The minimum atomic E-state index is 0.593. The van der Waals surface area contributed by atoms with Gasteiger partial charge in [-0.2, -0.15) is 0 Å². The third-order valence-corrected chi connectivity index (χ3v) is 4.59. The van der Waals surface area contributed by atoms with Gasteiger partial charge < -0.3 is 5.32 Å². The van der Waals surface area contributed by atoms with Crippen LogP contribution in [0.2, 0.25) is 0 Å². The van der Waals surface area contributed by atoms with Crippen LogP contribution < -0.4 is 5.32 Å². The smallest absolute Gasteiger partial charge is 0.0247 e. The minimum Gasteiger partial charge on any atom is -0.313 e. The highest BCUT2D eigenvalue weighted by Crippen LogP contribution is 2.21. The van der Waals surface area contributed by atoms with Gasteiger partial charge in [0.2, 0.25) is 0 Å². The molecule has 0 atom stereocenters. The van der Waals surface area contributed by atoms with E-state index in [0.717, 1.165) is 19.6 Å². The molecule has 0 aliphatic rings. The molecule has 0 bridgehead atoms. The van der Waals surface area contributed by atoms with Crippen molar-refractivity contribution in [2.24, 2.45) is 0 Å². The van der Waals surface area contributed by atoms with Gasteiger partial charge in [0.25, 0.3) is 0 Å². The van der Waals surface area contributed by atoms with Crippen LogP contribution in [0, 0.1) is 0 Å². The molecule has 0 aromatic heterocycles. The number of nitrogens with zero attached hydrogens (tertiary/aromatic N) is 1. The van der Waals surface area contributed by atoms with Gasteiger partial charge in [0, 0.05) is 23.6 Å². The molecule has 0 saturated heterocycles. The van der Waals surface area contributed by atoms with Crippen LogP contribution in [0.25, 0.3) is 0 Å². The molecule has 1 aromatic carbocycles. The lowest BCUT2D eigenvalue weighted by atomic mass is 10.1. The molecule has 0 fully saturated rings. The van der Waals surface area contributed by atoms with Crippen molar-refractivity contribution >= 4 is 15.9 Å². The van der Waals surface area contributed by atoms with Crippen LogP contribution in [0.1, 0.15) is 58.1 Å². The van der Waals surface area contributed by atoms with Crippen LogP contribution in [-0.4, -0.2) is 24.0 Å². The zero-order valence-electron chi connectivity index (χ0n) is 14.1. The number of halogens is 1. The lowest BCUT2D eigenvalue weighted by Crippen LogP contribution is -2.31. The van der Waals surface area contributed by atoms with Crippen molar-refractivity contribution < 1.29 is 0 Å². The van der Waals surface area contributed by atoms with Gasteiger partial charge >= 0.3 is 0 Å². The summed E-state index contributed by atoms with van der Waals surface area (Å²) in [6.07, 6.45) is 3.91. The summed E-state index contributed by atoms with van der Waals surface area (Å²) in [5.74, 6) is 0. The van der Waals surface area contributed by atoms with E-state index in [1.165, 1.54) is 41.4 Å². The summed E-state index contributed by atoms with van der Waals surface area (Å²) in [4.78, 5) is 2.57. The number of nitrogens with one attached hydrogen (secondary N) is 1. The van der Waals surface area contributed by atoms with E-state index >= 15 is 0 Å². The van der Waals surface area contributed by atoms with Crippen molar-refractivity contribution in [3.05, 3.63) is 33.8 Å². The minimum absolute atomic E-state index is 0.593.